The number of nitrogens with zero attached hydrogens (tertiary/aromatic N) is 1. The van der Waals surface area contributed by atoms with Crippen molar-refractivity contribution in [3.05, 3.63) is 53.6 Å². The largest absolute Gasteiger partial charge is 0.433 e. The molecule has 6 nitrogen and oxygen atoms in total. The number of carbonyl (C=O) groups is 1. The first-order chi connectivity index (χ1) is 13.7. The summed E-state index contributed by atoms with van der Waals surface area (Å²) in [6.07, 6.45) is 0.370. The standard InChI is InChI=1S/C19H19ClF2N2O4S/c20-16-10-13(6-7-17(16)28-19(21)22)23-11-18(25)24(14-4-2-1-3-5-14)15-8-9-29(26,27)12-15/h1-7,10,15,19,23H,8-9,11-12H2. The van der Waals surface area contributed by atoms with Crippen molar-refractivity contribution >= 4 is 38.7 Å². The van der Waals surface area contributed by atoms with Crippen LogP contribution in [0.4, 0.5) is 20.2 Å². The Labute approximate surface area is 172 Å². The van der Waals surface area contributed by atoms with Crippen LogP contribution in [0.1, 0.15) is 6.42 Å². The molecule has 1 unspecified atom stereocenters. The third-order valence-electron chi connectivity index (χ3n) is 4.47. The number of hydrogen-bond acceptors (Lipinski definition) is 5. The van der Waals surface area contributed by atoms with Gasteiger partial charge < -0.3 is 15.0 Å². The quantitative estimate of drug-likeness (QED) is 0.706. The van der Waals surface area contributed by atoms with Gasteiger partial charge in [0.2, 0.25) is 5.91 Å². The smallest absolute Gasteiger partial charge is 0.387 e. The molecule has 2 aromatic rings. The van der Waals surface area contributed by atoms with Crippen LogP contribution in [-0.2, 0) is 14.6 Å². The van der Waals surface area contributed by atoms with Gasteiger partial charge in [-0.2, -0.15) is 8.78 Å². The minimum atomic E-state index is -3.18. The van der Waals surface area contributed by atoms with E-state index in [0.29, 0.717) is 17.8 Å². The van der Waals surface area contributed by atoms with Crippen molar-refractivity contribution in [3.8, 4) is 5.75 Å². The van der Waals surface area contributed by atoms with Crippen LogP contribution in [0.5, 0.6) is 5.75 Å². The van der Waals surface area contributed by atoms with Gasteiger partial charge in [-0.15, -0.1) is 0 Å². The van der Waals surface area contributed by atoms with Gasteiger partial charge in [0.05, 0.1) is 29.1 Å². The van der Waals surface area contributed by atoms with Gasteiger partial charge in [0.15, 0.2) is 9.84 Å². The first-order valence-corrected chi connectivity index (χ1v) is 11.0. The monoisotopic (exact) mass is 444 g/mol. The number of amides is 1. The molecule has 1 saturated heterocycles. The Kier molecular flexibility index (Phi) is 6.59. The zero-order chi connectivity index (χ0) is 21.0. The number of carbonyl (C=O) groups excluding carboxylic acids is 1. The molecule has 29 heavy (non-hydrogen) atoms. The molecule has 0 saturated carbocycles. The Hall–Kier alpha value is -2.39. The molecule has 10 heteroatoms. The summed E-state index contributed by atoms with van der Waals surface area (Å²) in [7, 11) is -3.18. The summed E-state index contributed by atoms with van der Waals surface area (Å²) in [5, 5.41) is 2.87. The molecule has 1 amide bonds. The number of rotatable bonds is 7. The van der Waals surface area contributed by atoms with Crippen LogP contribution in [-0.4, -0.2) is 45.0 Å². The molecule has 156 valence electrons. The average Bonchev–Trinajstić information content (AvgIpc) is 3.02. The lowest BCUT2D eigenvalue weighted by atomic mass is 10.1. The number of alkyl halides is 2. The summed E-state index contributed by atoms with van der Waals surface area (Å²) in [6, 6.07) is 12.5. The predicted molar refractivity (Wildman–Crippen MR) is 108 cm³/mol. The van der Waals surface area contributed by atoms with E-state index in [4.69, 9.17) is 11.6 Å². The minimum absolute atomic E-state index is 0.0236. The Bertz CT molecular complexity index is 973. The van der Waals surface area contributed by atoms with E-state index >= 15 is 0 Å². The molecule has 0 bridgehead atoms. The minimum Gasteiger partial charge on any atom is -0.433 e. The van der Waals surface area contributed by atoms with Crippen LogP contribution in [0, 0.1) is 0 Å². The van der Waals surface area contributed by atoms with Gasteiger partial charge in [-0.05, 0) is 36.8 Å². The highest BCUT2D eigenvalue weighted by atomic mass is 35.5. The number of nitrogens with one attached hydrogen (secondary N) is 1. The zero-order valence-electron chi connectivity index (χ0n) is 15.2. The molecule has 1 aliphatic heterocycles. The van der Waals surface area contributed by atoms with Crippen LogP contribution in [0.25, 0.3) is 0 Å². The Morgan fingerprint density at radius 2 is 1.97 bits per heavy atom. The molecule has 0 radical (unpaired) electrons. The number of para-hydroxylation sites is 1. The third-order valence-corrected chi connectivity index (χ3v) is 6.51. The SMILES string of the molecule is O=C(CNc1ccc(OC(F)F)c(Cl)c1)N(c1ccccc1)C1CCS(=O)(=O)C1. The van der Waals surface area contributed by atoms with Gasteiger partial charge in [0, 0.05) is 11.4 Å². The van der Waals surface area contributed by atoms with Gasteiger partial charge in [-0.25, -0.2) is 8.42 Å². The second-order valence-electron chi connectivity index (χ2n) is 6.53. The molecule has 2 aromatic carbocycles. The first kappa shape index (κ1) is 21.3. The summed E-state index contributed by atoms with van der Waals surface area (Å²) in [6.45, 7) is -3.12. The fraction of sp³-hybridized carbons (Fsp3) is 0.316. The van der Waals surface area contributed by atoms with Gasteiger partial charge in [0.1, 0.15) is 5.75 Å². The Morgan fingerprint density at radius 1 is 1.24 bits per heavy atom. The van der Waals surface area contributed by atoms with Crippen LogP contribution in [0.15, 0.2) is 48.5 Å². The van der Waals surface area contributed by atoms with E-state index in [-0.39, 0.29) is 34.7 Å². The molecule has 1 heterocycles. The molecule has 0 aromatic heterocycles. The molecular weight excluding hydrogens is 426 g/mol. The molecule has 1 atom stereocenters. The highest BCUT2D eigenvalue weighted by molar-refractivity contribution is 7.91. The van der Waals surface area contributed by atoms with E-state index in [9.17, 15) is 22.0 Å². The normalized spacial score (nSPS) is 17.9. The summed E-state index contributed by atoms with van der Waals surface area (Å²) in [4.78, 5) is 14.4. The molecule has 1 N–H and O–H groups in total. The second-order valence-corrected chi connectivity index (χ2v) is 9.17. The van der Waals surface area contributed by atoms with Crippen LogP contribution < -0.4 is 15.0 Å². The number of ether oxygens (including phenoxy) is 1. The lowest BCUT2D eigenvalue weighted by Crippen LogP contribution is -2.44. The Morgan fingerprint density at radius 3 is 2.55 bits per heavy atom. The molecule has 1 aliphatic rings. The number of anilines is 2. The first-order valence-electron chi connectivity index (χ1n) is 8.81. The number of sulfone groups is 1. The lowest BCUT2D eigenvalue weighted by molar-refractivity contribution is -0.117. The fourth-order valence-corrected chi connectivity index (χ4v) is 5.12. The van der Waals surface area contributed by atoms with Crippen molar-refractivity contribution in [2.75, 3.05) is 28.3 Å². The van der Waals surface area contributed by atoms with Crippen molar-refractivity contribution in [3.63, 3.8) is 0 Å². The third kappa shape index (κ3) is 5.57. The van der Waals surface area contributed by atoms with Gasteiger partial charge >= 0.3 is 6.61 Å². The van der Waals surface area contributed by atoms with E-state index in [1.54, 1.807) is 30.3 Å². The lowest BCUT2D eigenvalue weighted by Gasteiger charge is -2.28. The van der Waals surface area contributed by atoms with Crippen molar-refractivity contribution in [2.24, 2.45) is 0 Å². The van der Waals surface area contributed by atoms with Crippen molar-refractivity contribution in [2.45, 2.75) is 19.1 Å². The van der Waals surface area contributed by atoms with Crippen LogP contribution >= 0.6 is 11.6 Å². The highest BCUT2D eigenvalue weighted by Gasteiger charge is 2.35. The average molecular weight is 445 g/mol. The number of hydrogen-bond donors (Lipinski definition) is 1. The predicted octanol–water partition coefficient (Wildman–Crippen LogP) is 3.57. The number of halogens is 3. The van der Waals surface area contributed by atoms with E-state index in [0.717, 1.165) is 0 Å². The molecule has 3 rings (SSSR count). The number of benzene rings is 2. The summed E-state index contributed by atoms with van der Waals surface area (Å²) < 4.78 is 52.7. The van der Waals surface area contributed by atoms with Crippen molar-refractivity contribution in [1.82, 2.24) is 0 Å². The van der Waals surface area contributed by atoms with Crippen molar-refractivity contribution < 1.29 is 26.7 Å². The van der Waals surface area contributed by atoms with E-state index in [1.165, 1.54) is 23.1 Å². The second kappa shape index (κ2) is 8.96. The topological polar surface area (TPSA) is 75.7 Å². The molecular formula is C19H19ClF2N2O4S. The van der Waals surface area contributed by atoms with Crippen LogP contribution in [0.2, 0.25) is 5.02 Å². The fourth-order valence-electron chi connectivity index (χ4n) is 3.19. The zero-order valence-corrected chi connectivity index (χ0v) is 16.8. The maximum atomic E-state index is 12.9. The maximum absolute atomic E-state index is 12.9. The molecule has 1 fully saturated rings. The Balaban J connectivity index is 1.73. The van der Waals surface area contributed by atoms with Crippen molar-refractivity contribution in [1.29, 1.82) is 0 Å². The summed E-state index contributed by atoms with van der Waals surface area (Å²) in [5.41, 5.74) is 1.05. The summed E-state index contributed by atoms with van der Waals surface area (Å²) >= 11 is 5.92. The van der Waals surface area contributed by atoms with Crippen LogP contribution in [0.3, 0.4) is 0 Å². The highest BCUT2D eigenvalue weighted by Crippen LogP contribution is 2.29. The summed E-state index contributed by atoms with van der Waals surface area (Å²) in [5.74, 6) is -0.523. The van der Waals surface area contributed by atoms with E-state index in [1.807, 2.05) is 0 Å². The molecule has 0 aliphatic carbocycles. The van der Waals surface area contributed by atoms with Gasteiger partial charge in [-0.3, -0.25) is 4.79 Å². The van der Waals surface area contributed by atoms with E-state index in [2.05, 4.69) is 10.1 Å². The van der Waals surface area contributed by atoms with E-state index < -0.39 is 22.5 Å². The maximum Gasteiger partial charge on any atom is 0.387 e. The van der Waals surface area contributed by atoms with Gasteiger partial charge in [-0.1, -0.05) is 29.8 Å². The van der Waals surface area contributed by atoms with Gasteiger partial charge in [0.25, 0.3) is 0 Å². The molecule has 0 spiro atoms.